The van der Waals surface area contributed by atoms with Crippen LogP contribution in [-0.2, 0) is 28.6 Å². The van der Waals surface area contributed by atoms with E-state index in [-0.39, 0.29) is 17.6 Å². The highest BCUT2D eigenvalue weighted by Crippen LogP contribution is 2.25. The quantitative estimate of drug-likeness (QED) is 0.437. The molecule has 0 bridgehead atoms. The third-order valence-electron chi connectivity index (χ3n) is 4.72. The van der Waals surface area contributed by atoms with Crippen molar-refractivity contribution in [1.29, 1.82) is 0 Å². The molecule has 0 amide bonds. The number of esters is 2. The van der Waals surface area contributed by atoms with Crippen molar-refractivity contribution in [3.05, 3.63) is 0 Å². The van der Waals surface area contributed by atoms with Gasteiger partial charge in [0, 0.05) is 19.1 Å². The van der Waals surface area contributed by atoms with Crippen LogP contribution < -0.4 is 0 Å². The maximum Gasteiger partial charge on any atom is 0.355 e. The van der Waals surface area contributed by atoms with Crippen molar-refractivity contribution in [3.63, 3.8) is 0 Å². The van der Waals surface area contributed by atoms with Gasteiger partial charge in [-0.1, -0.05) is 25.7 Å². The molecule has 6 heteroatoms. The summed E-state index contributed by atoms with van der Waals surface area (Å²) in [4.78, 5) is 36.8. The molecule has 0 N–H and O–H groups in total. The Kier molecular flexibility index (Phi) is 7.02. The standard InChI is InChI=1S/C17H26O6/c1-21-17(20)15(14(18)12-8-10-22-11-9-12)23-16(19)13-6-4-2-3-5-7-13/h12-13,15H,2-11H2,1H3. The van der Waals surface area contributed by atoms with Crippen molar-refractivity contribution in [1.82, 2.24) is 0 Å². The number of rotatable bonds is 5. The molecule has 0 aromatic carbocycles. The first-order valence-electron chi connectivity index (χ1n) is 8.53. The lowest BCUT2D eigenvalue weighted by Crippen LogP contribution is -2.42. The van der Waals surface area contributed by atoms with Crippen LogP contribution in [0.15, 0.2) is 0 Å². The molecule has 1 unspecified atom stereocenters. The summed E-state index contributed by atoms with van der Waals surface area (Å²) < 4.78 is 15.2. The van der Waals surface area contributed by atoms with Gasteiger partial charge in [0.15, 0.2) is 5.78 Å². The minimum absolute atomic E-state index is 0.216. The van der Waals surface area contributed by atoms with Crippen molar-refractivity contribution < 1.29 is 28.6 Å². The van der Waals surface area contributed by atoms with Crippen LogP contribution >= 0.6 is 0 Å². The Morgan fingerprint density at radius 3 is 2.09 bits per heavy atom. The zero-order chi connectivity index (χ0) is 16.7. The summed E-state index contributed by atoms with van der Waals surface area (Å²) in [5.74, 6) is -2.12. The first-order chi connectivity index (χ1) is 11.1. The van der Waals surface area contributed by atoms with Gasteiger partial charge in [-0.05, 0) is 25.7 Å². The van der Waals surface area contributed by atoms with E-state index in [4.69, 9.17) is 9.47 Å². The molecule has 1 aliphatic heterocycles. The third kappa shape index (κ3) is 5.03. The van der Waals surface area contributed by atoms with E-state index in [1.807, 2.05) is 0 Å². The second-order valence-electron chi connectivity index (χ2n) is 6.32. The molecule has 2 fully saturated rings. The first kappa shape index (κ1) is 17.9. The van der Waals surface area contributed by atoms with E-state index in [1.54, 1.807) is 0 Å². The maximum absolute atomic E-state index is 12.6. The third-order valence-corrected chi connectivity index (χ3v) is 4.72. The van der Waals surface area contributed by atoms with E-state index >= 15 is 0 Å². The van der Waals surface area contributed by atoms with Crippen molar-refractivity contribution in [3.8, 4) is 0 Å². The van der Waals surface area contributed by atoms with Crippen molar-refractivity contribution in [2.75, 3.05) is 20.3 Å². The molecule has 130 valence electrons. The van der Waals surface area contributed by atoms with Gasteiger partial charge in [0.1, 0.15) is 0 Å². The van der Waals surface area contributed by atoms with E-state index in [9.17, 15) is 14.4 Å². The van der Waals surface area contributed by atoms with Crippen LogP contribution in [0.3, 0.4) is 0 Å². The predicted octanol–water partition coefficient (Wildman–Crippen LogP) is 2.04. The molecule has 1 aliphatic carbocycles. The molecule has 2 aliphatic rings. The first-order valence-corrected chi connectivity index (χ1v) is 8.53. The molecule has 0 aromatic heterocycles. The number of carbonyl (C=O) groups is 3. The minimum Gasteiger partial charge on any atom is -0.466 e. The molecule has 0 radical (unpaired) electrons. The fraction of sp³-hybridized carbons (Fsp3) is 0.824. The number of ketones is 1. The summed E-state index contributed by atoms with van der Waals surface area (Å²) in [6.07, 6.45) is 5.39. The molecule has 0 aromatic rings. The highest BCUT2D eigenvalue weighted by Gasteiger charge is 2.38. The summed E-state index contributed by atoms with van der Waals surface area (Å²) in [6, 6.07) is 0. The normalized spacial score (nSPS) is 22.0. The Bertz CT molecular complexity index is 419. The average Bonchev–Trinajstić information content (AvgIpc) is 2.88. The molecule has 1 saturated heterocycles. The van der Waals surface area contributed by atoms with Crippen LogP contribution in [0.5, 0.6) is 0 Å². The monoisotopic (exact) mass is 326 g/mol. The highest BCUT2D eigenvalue weighted by atomic mass is 16.6. The minimum atomic E-state index is -1.43. The SMILES string of the molecule is COC(=O)C(OC(=O)C1CCCCCC1)C(=O)C1CCOCC1. The maximum atomic E-state index is 12.6. The van der Waals surface area contributed by atoms with Gasteiger partial charge in [-0.25, -0.2) is 4.79 Å². The molecule has 1 atom stereocenters. The fourth-order valence-electron chi connectivity index (χ4n) is 3.25. The fourth-order valence-corrected chi connectivity index (χ4v) is 3.25. The second-order valence-corrected chi connectivity index (χ2v) is 6.32. The lowest BCUT2D eigenvalue weighted by atomic mass is 9.92. The van der Waals surface area contributed by atoms with E-state index in [2.05, 4.69) is 4.74 Å². The molecular formula is C17H26O6. The molecular weight excluding hydrogens is 300 g/mol. The molecule has 1 heterocycles. The zero-order valence-electron chi connectivity index (χ0n) is 13.8. The van der Waals surface area contributed by atoms with Gasteiger partial charge in [0.2, 0.25) is 0 Å². The number of ether oxygens (including phenoxy) is 3. The van der Waals surface area contributed by atoms with Crippen LogP contribution in [0.1, 0.15) is 51.4 Å². The zero-order valence-corrected chi connectivity index (χ0v) is 13.8. The lowest BCUT2D eigenvalue weighted by molar-refractivity contribution is -0.174. The van der Waals surface area contributed by atoms with Crippen LogP contribution in [0.25, 0.3) is 0 Å². The van der Waals surface area contributed by atoms with E-state index < -0.39 is 18.0 Å². The Morgan fingerprint density at radius 1 is 0.913 bits per heavy atom. The molecule has 0 spiro atoms. The summed E-state index contributed by atoms with van der Waals surface area (Å²) >= 11 is 0. The number of Topliss-reactive ketones (excluding diaryl/α,β-unsaturated/α-hetero) is 1. The van der Waals surface area contributed by atoms with Gasteiger partial charge in [0.25, 0.3) is 6.10 Å². The highest BCUT2D eigenvalue weighted by molar-refractivity contribution is 6.04. The Morgan fingerprint density at radius 2 is 1.52 bits per heavy atom. The van der Waals surface area contributed by atoms with Gasteiger partial charge in [-0.2, -0.15) is 0 Å². The molecule has 2 rings (SSSR count). The largest absolute Gasteiger partial charge is 0.466 e. The summed E-state index contributed by atoms with van der Waals surface area (Å²) in [7, 11) is 1.20. The predicted molar refractivity (Wildman–Crippen MR) is 81.6 cm³/mol. The van der Waals surface area contributed by atoms with Gasteiger partial charge in [-0.15, -0.1) is 0 Å². The topological polar surface area (TPSA) is 78.9 Å². The van der Waals surface area contributed by atoms with E-state index in [0.29, 0.717) is 26.1 Å². The molecule has 1 saturated carbocycles. The Hall–Kier alpha value is -1.43. The number of hydrogen-bond donors (Lipinski definition) is 0. The molecule has 6 nitrogen and oxygen atoms in total. The van der Waals surface area contributed by atoms with Crippen molar-refractivity contribution in [2.45, 2.75) is 57.5 Å². The Balaban J connectivity index is 2.00. The summed E-state index contributed by atoms with van der Waals surface area (Å²) in [6.45, 7) is 0.974. The number of methoxy groups -OCH3 is 1. The molecule has 23 heavy (non-hydrogen) atoms. The lowest BCUT2D eigenvalue weighted by Gasteiger charge is -2.25. The van der Waals surface area contributed by atoms with Gasteiger partial charge in [0.05, 0.1) is 13.0 Å². The van der Waals surface area contributed by atoms with Gasteiger partial charge in [-0.3, -0.25) is 9.59 Å². The van der Waals surface area contributed by atoms with Gasteiger partial charge >= 0.3 is 11.9 Å². The van der Waals surface area contributed by atoms with E-state index in [1.165, 1.54) is 7.11 Å². The number of hydrogen-bond acceptors (Lipinski definition) is 6. The van der Waals surface area contributed by atoms with Crippen LogP contribution in [0.4, 0.5) is 0 Å². The van der Waals surface area contributed by atoms with Crippen LogP contribution in [-0.4, -0.2) is 44.1 Å². The van der Waals surface area contributed by atoms with Crippen LogP contribution in [0.2, 0.25) is 0 Å². The second kappa shape index (κ2) is 9.01. The van der Waals surface area contributed by atoms with Gasteiger partial charge < -0.3 is 14.2 Å². The average molecular weight is 326 g/mol. The van der Waals surface area contributed by atoms with E-state index in [0.717, 1.165) is 38.5 Å². The van der Waals surface area contributed by atoms with Crippen molar-refractivity contribution in [2.24, 2.45) is 11.8 Å². The summed E-state index contributed by atoms with van der Waals surface area (Å²) in [5.41, 5.74) is 0. The number of carbonyl (C=O) groups excluding carboxylic acids is 3. The van der Waals surface area contributed by atoms with Crippen molar-refractivity contribution >= 4 is 17.7 Å². The Labute approximate surface area is 136 Å². The summed E-state index contributed by atoms with van der Waals surface area (Å²) in [5, 5.41) is 0. The van der Waals surface area contributed by atoms with Crippen LogP contribution in [0, 0.1) is 11.8 Å². The smallest absolute Gasteiger partial charge is 0.355 e.